The van der Waals surface area contributed by atoms with Crippen LogP contribution in [0, 0.1) is 0 Å². The summed E-state index contributed by atoms with van der Waals surface area (Å²) in [6, 6.07) is 4.57. The third kappa shape index (κ3) is 3.92. The van der Waals surface area contributed by atoms with E-state index < -0.39 is 31.3 Å². The fraction of sp³-hybridized carbons (Fsp3) is 0.333. The Morgan fingerprint density at radius 3 is 2.26 bits per heavy atom. The fourth-order valence-corrected chi connectivity index (χ4v) is 1.69. The van der Waals surface area contributed by atoms with E-state index in [1.807, 2.05) is 0 Å². The molecule has 0 fully saturated rings. The Morgan fingerprint density at radius 1 is 1.26 bits per heavy atom. The van der Waals surface area contributed by atoms with E-state index >= 15 is 0 Å². The summed E-state index contributed by atoms with van der Waals surface area (Å²) >= 11 is 0. The van der Waals surface area contributed by atoms with Gasteiger partial charge in [0, 0.05) is 11.3 Å². The summed E-state index contributed by atoms with van der Waals surface area (Å²) < 4.78 is 48.5. The first-order chi connectivity index (χ1) is 8.45. The summed E-state index contributed by atoms with van der Waals surface area (Å²) in [5.41, 5.74) is 0.194. The molecule has 0 saturated carbocycles. The number of anilines is 1. The van der Waals surface area contributed by atoms with Crippen molar-refractivity contribution < 1.29 is 32.6 Å². The summed E-state index contributed by atoms with van der Waals surface area (Å²) in [6.07, 6.45) is -6.01. The normalized spacial score (nSPS) is 15.9. The molecule has 1 atom stereocenters. The van der Waals surface area contributed by atoms with Gasteiger partial charge in [-0.15, -0.1) is 0 Å². The molecular weight excluding hydrogens is 288 g/mol. The molecule has 19 heavy (non-hydrogen) atoms. The van der Waals surface area contributed by atoms with Crippen LogP contribution in [0.4, 0.5) is 18.9 Å². The van der Waals surface area contributed by atoms with Crippen LogP contribution in [0.3, 0.4) is 0 Å². The summed E-state index contributed by atoms with van der Waals surface area (Å²) in [5, 5.41) is 11.5. The SMILES string of the molecule is NC(O)(c1ccccc1NCP(=O)(O)O)C(F)(F)F. The summed E-state index contributed by atoms with van der Waals surface area (Å²) in [4.78, 5) is 17.3. The molecule has 1 rings (SSSR count). The highest BCUT2D eigenvalue weighted by Gasteiger charge is 2.53. The molecule has 10 heteroatoms. The number of hydrogen-bond acceptors (Lipinski definition) is 4. The van der Waals surface area contributed by atoms with E-state index in [9.17, 15) is 22.8 Å². The highest BCUT2D eigenvalue weighted by molar-refractivity contribution is 7.51. The van der Waals surface area contributed by atoms with Crippen molar-refractivity contribution in [1.82, 2.24) is 0 Å². The van der Waals surface area contributed by atoms with Crippen molar-refractivity contribution in [3.8, 4) is 0 Å². The van der Waals surface area contributed by atoms with Crippen LogP contribution < -0.4 is 11.1 Å². The Hall–Kier alpha value is -1.12. The Morgan fingerprint density at radius 2 is 1.79 bits per heavy atom. The minimum atomic E-state index is -5.13. The van der Waals surface area contributed by atoms with Crippen molar-refractivity contribution in [2.45, 2.75) is 11.9 Å². The van der Waals surface area contributed by atoms with Gasteiger partial charge in [0.2, 0.25) is 5.72 Å². The second kappa shape index (κ2) is 5.10. The van der Waals surface area contributed by atoms with E-state index in [-0.39, 0.29) is 5.69 Å². The molecule has 108 valence electrons. The number of nitrogens with one attached hydrogen (secondary N) is 1. The predicted octanol–water partition coefficient (Wildman–Crippen LogP) is 0.900. The van der Waals surface area contributed by atoms with Gasteiger partial charge in [0.05, 0.1) is 0 Å². The molecule has 1 unspecified atom stereocenters. The molecule has 0 radical (unpaired) electrons. The molecule has 0 aromatic heterocycles. The van der Waals surface area contributed by atoms with E-state index in [1.165, 1.54) is 12.1 Å². The maximum absolute atomic E-state index is 12.6. The van der Waals surface area contributed by atoms with E-state index in [2.05, 4.69) is 5.32 Å². The number of benzene rings is 1. The molecule has 1 aromatic rings. The number of halogens is 3. The second-order valence-electron chi connectivity index (χ2n) is 3.81. The lowest BCUT2D eigenvalue weighted by Crippen LogP contribution is -2.50. The van der Waals surface area contributed by atoms with Crippen molar-refractivity contribution in [3.63, 3.8) is 0 Å². The van der Waals surface area contributed by atoms with Gasteiger partial charge in [0.25, 0.3) is 0 Å². The number of alkyl halides is 3. The lowest BCUT2D eigenvalue weighted by Gasteiger charge is -2.28. The second-order valence-corrected chi connectivity index (χ2v) is 5.45. The van der Waals surface area contributed by atoms with Crippen LogP contribution in [-0.4, -0.2) is 27.4 Å². The van der Waals surface area contributed by atoms with Crippen LogP contribution >= 0.6 is 7.60 Å². The van der Waals surface area contributed by atoms with Gasteiger partial charge in [-0.25, -0.2) is 0 Å². The van der Waals surface area contributed by atoms with Crippen molar-refractivity contribution >= 4 is 13.3 Å². The fourth-order valence-electron chi connectivity index (χ4n) is 1.31. The van der Waals surface area contributed by atoms with Gasteiger partial charge < -0.3 is 20.2 Å². The smallest absolute Gasteiger partial charge is 0.374 e. The monoisotopic (exact) mass is 300 g/mol. The van der Waals surface area contributed by atoms with Gasteiger partial charge in [0.15, 0.2) is 0 Å². The number of hydrogen-bond donors (Lipinski definition) is 5. The van der Waals surface area contributed by atoms with E-state index in [1.54, 1.807) is 0 Å². The maximum Gasteiger partial charge on any atom is 0.435 e. The van der Waals surface area contributed by atoms with E-state index in [0.29, 0.717) is 0 Å². The molecule has 0 amide bonds. The quantitative estimate of drug-likeness (QED) is 0.417. The lowest BCUT2D eigenvalue weighted by molar-refractivity contribution is -0.264. The average molecular weight is 300 g/mol. The van der Waals surface area contributed by atoms with Crippen molar-refractivity contribution in [2.24, 2.45) is 5.73 Å². The highest BCUT2D eigenvalue weighted by Crippen LogP contribution is 2.39. The van der Waals surface area contributed by atoms with Crippen LogP contribution in [-0.2, 0) is 10.3 Å². The van der Waals surface area contributed by atoms with E-state index in [0.717, 1.165) is 12.1 Å². The zero-order chi connectivity index (χ0) is 14.9. The van der Waals surface area contributed by atoms with Crippen LogP contribution in [0.5, 0.6) is 0 Å². The Bertz CT molecular complexity index is 500. The lowest BCUT2D eigenvalue weighted by atomic mass is 10.0. The first-order valence-electron chi connectivity index (χ1n) is 4.91. The van der Waals surface area contributed by atoms with Crippen LogP contribution in [0.25, 0.3) is 0 Å². The first-order valence-corrected chi connectivity index (χ1v) is 6.71. The third-order valence-electron chi connectivity index (χ3n) is 2.25. The molecule has 0 spiro atoms. The molecule has 0 aliphatic heterocycles. The molecule has 6 nitrogen and oxygen atoms in total. The average Bonchev–Trinajstić information content (AvgIpc) is 2.24. The van der Waals surface area contributed by atoms with Gasteiger partial charge in [-0.2, -0.15) is 13.2 Å². The van der Waals surface area contributed by atoms with Crippen molar-refractivity contribution in [3.05, 3.63) is 29.8 Å². The van der Waals surface area contributed by atoms with Gasteiger partial charge in [-0.05, 0) is 6.07 Å². The third-order valence-corrected chi connectivity index (χ3v) is 2.82. The van der Waals surface area contributed by atoms with Crippen molar-refractivity contribution in [1.29, 1.82) is 0 Å². The zero-order valence-corrected chi connectivity index (χ0v) is 10.3. The minimum Gasteiger partial charge on any atom is -0.374 e. The summed E-state index contributed by atoms with van der Waals surface area (Å²) in [7, 11) is -4.46. The predicted molar refractivity (Wildman–Crippen MR) is 61.1 cm³/mol. The molecular formula is C9H12F3N2O4P. The molecule has 0 heterocycles. The van der Waals surface area contributed by atoms with Gasteiger partial charge >= 0.3 is 13.8 Å². The summed E-state index contributed by atoms with van der Waals surface area (Å²) in [6.45, 7) is 0. The zero-order valence-electron chi connectivity index (χ0n) is 9.42. The maximum atomic E-state index is 12.6. The Labute approximate surface area is 106 Å². The number of para-hydroxylation sites is 1. The largest absolute Gasteiger partial charge is 0.435 e. The van der Waals surface area contributed by atoms with Gasteiger partial charge in [-0.1, -0.05) is 18.2 Å². The topological polar surface area (TPSA) is 116 Å². The molecule has 0 bridgehead atoms. The minimum absolute atomic E-state index is 0.312. The van der Waals surface area contributed by atoms with Gasteiger partial charge in [0.1, 0.15) is 6.29 Å². The first kappa shape index (κ1) is 15.9. The summed E-state index contributed by atoms with van der Waals surface area (Å²) in [5.74, 6) is 0. The number of aliphatic hydroxyl groups is 1. The Kier molecular flexibility index (Phi) is 4.28. The number of nitrogens with two attached hydrogens (primary N) is 1. The molecule has 0 aliphatic carbocycles. The molecule has 0 aliphatic rings. The molecule has 6 N–H and O–H groups in total. The van der Waals surface area contributed by atoms with Gasteiger partial charge in [-0.3, -0.25) is 10.3 Å². The number of rotatable bonds is 4. The van der Waals surface area contributed by atoms with Crippen LogP contribution in [0.15, 0.2) is 24.3 Å². The molecule has 1 aromatic carbocycles. The van der Waals surface area contributed by atoms with E-state index in [4.69, 9.17) is 15.5 Å². The molecule has 0 saturated heterocycles. The van der Waals surface area contributed by atoms with Crippen molar-refractivity contribution in [2.75, 3.05) is 11.6 Å². The Balaban J connectivity index is 3.13. The van der Waals surface area contributed by atoms with Crippen LogP contribution in [0.2, 0.25) is 0 Å². The van der Waals surface area contributed by atoms with Crippen LogP contribution in [0.1, 0.15) is 5.56 Å². The standard InChI is InChI=1S/C9H12F3N2O4P/c10-9(11,12)8(13,15)6-3-1-2-4-7(6)14-5-19(16,17)18/h1-4,14-15H,5,13H2,(H2,16,17,18). The highest BCUT2D eigenvalue weighted by atomic mass is 31.2.